The topological polar surface area (TPSA) is 124 Å². The molecule has 0 unspecified atom stereocenters. The highest BCUT2D eigenvalue weighted by Crippen LogP contribution is 2.51. The largest absolute Gasteiger partial charge is 0.404 e. The van der Waals surface area contributed by atoms with Crippen molar-refractivity contribution in [3.05, 3.63) is 64.9 Å². The first-order valence-electron chi connectivity index (χ1n) is 12.6. The van der Waals surface area contributed by atoms with Gasteiger partial charge in [-0.25, -0.2) is 9.37 Å². The van der Waals surface area contributed by atoms with Crippen molar-refractivity contribution < 1.29 is 14.0 Å². The van der Waals surface area contributed by atoms with Crippen molar-refractivity contribution in [1.29, 1.82) is 5.26 Å². The normalized spacial score (nSPS) is 21.9. The molecule has 1 atom stereocenters. The van der Waals surface area contributed by atoms with Crippen LogP contribution in [0.3, 0.4) is 0 Å². The second-order valence-electron chi connectivity index (χ2n) is 10.1. The van der Waals surface area contributed by atoms with Gasteiger partial charge in [-0.15, -0.1) is 0 Å². The Morgan fingerprint density at radius 2 is 2.08 bits per heavy atom. The third-order valence-electron chi connectivity index (χ3n) is 7.21. The number of aromatic nitrogens is 1. The van der Waals surface area contributed by atoms with E-state index < -0.39 is 17.1 Å². The number of amides is 2. The van der Waals surface area contributed by atoms with Gasteiger partial charge in [0.15, 0.2) is 0 Å². The lowest BCUT2D eigenvalue weighted by molar-refractivity contribution is -0.123. The van der Waals surface area contributed by atoms with Crippen LogP contribution in [0.5, 0.6) is 0 Å². The zero-order chi connectivity index (χ0) is 26.2. The van der Waals surface area contributed by atoms with Crippen molar-refractivity contribution >= 4 is 29.3 Å². The van der Waals surface area contributed by atoms with E-state index in [1.807, 2.05) is 0 Å². The maximum absolute atomic E-state index is 14.4. The van der Waals surface area contributed by atoms with Crippen LogP contribution in [0.4, 0.5) is 10.1 Å². The first-order chi connectivity index (χ1) is 17.8. The smallest absolute Gasteiger partial charge is 0.270 e. The van der Waals surface area contributed by atoms with Gasteiger partial charge in [-0.05, 0) is 86.4 Å². The number of aliphatic imine (C=N–C) groups is 1. The van der Waals surface area contributed by atoms with Crippen LogP contribution >= 0.6 is 0 Å². The summed E-state index contributed by atoms with van der Waals surface area (Å²) in [4.78, 5) is 36.5. The molecule has 1 aromatic heterocycles. The molecular weight excluding hydrogens is 471 g/mol. The summed E-state index contributed by atoms with van der Waals surface area (Å²) in [5, 5.41) is 12.6. The van der Waals surface area contributed by atoms with E-state index in [9.17, 15) is 19.2 Å². The molecule has 0 radical (unpaired) electrons. The van der Waals surface area contributed by atoms with Crippen LogP contribution in [0.25, 0.3) is 5.57 Å². The summed E-state index contributed by atoms with van der Waals surface area (Å²) in [5.74, 6) is -0.968. The number of pyridine rings is 1. The fraction of sp³-hybridized carbons (Fsp3) is 0.393. The Morgan fingerprint density at radius 1 is 1.30 bits per heavy atom. The summed E-state index contributed by atoms with van der Waals surface area (Å²) in [6.45, 7) is 2.26. The van der Waals surface area contributed by atoms with Gasteiger partial charge in [-0.3, -0.25) is 14.6 Å². The van der Waals surface area contributed by atoms with Crippen molar-refractivity contribution in [3.63, 3.8) is 0 Å². The number of rotatable bonds is 8. The summed E-state index contributed by atoms with van der Waals surface area (Å²) in [6, 6.07) is 10.4. The van der Waals surface area contributed by atoms with Gasteiger partial charge in [-0.1, -0.05) is 0 Å². The van der Waals surface area contributed by atoms with E-state index in [2.05, 4.69) is 21.4 Å². The first-order valence-corrected chi connectivity index (χ1v) is 12.6. The average molecular weight is 501 g/mol. The number of hydrogen-bond acceptors (Lipinski definition) is 6. The maximum atomic E-state index is 14.4. The number of carbonyl (C=O) groups excluding carboxylic acids is 2. The quantitative estimate of drug-likeness (QED) is 0.536. The van der Waals surface area contributed by atoms with Crippen molar-refractivity contribution in [2.75, 3.05) is 11.4 Å². The molecule has 1 aliphatic heterocycles. The van der Waals surface area contributed by atoms with E-state index >= 15 is 0 Å². The Hall–Kier alpha value is -4.06. The van der Waals surface area contributed by atoms with Crippen LogP contribution in [0.2, 0.25) is 0 Å². The van der Waals surface area contributed by atoms with Crippen LogP contribution in [-0.4, -0.2) is 35.6 Å². The van der Waals surface area contributed by atoms with E-state index in [0.29, 0.717) is 47.1 Å². The lowest BCUT2D eigenvalue weighted by Gasteiger charge is -2.21. The standard InChI is InChI=1S/C28H29FN6O2/c1-17-8-24(35-7-6-28(16-31,27(35)37)21-2-3-21)12-25(34-17)26(36)33-14-18-9-19(11-22(29)10-18)20(13-30)15-32-23-4-5-23/h8-13,15,21,23H,2-7,14,30H2,1H3,(H,33,36)/t28-/m1/s1. The SMILES string of the molecule is Cc1cc(N2CC[C@@](C#N)(C3CC3)C2=O)cc(C(=O)NCc2cc(F)cc(C(C=NC3CC3)=CN)c2)n1. The molecule has 3 aliphatic rings. The molecule has 2 aliphatic carbocycles. The predicted molar refractivity (Wildman–Crippen MR) is 138 cm³/mol. The molecular formula is C28H29FN6O2. The fourth-order valence-corrected chi connectivity index (χ4v) is 4.87. The average Bonchev–Trinajstić information content (AvgIpc) is 3.81. The van der Waals surface area contributed by atoms with Crippen molar-refractivity contribution in [3.8, 4) is 6.07 Å². The molecule has 2 aromatic rings. The van der Waals surface area contributed by atoms with Gasteiger partial charge in [0.1, 0.15) is 16.9 Å². The van der Waals surface area contributed by atoms with Crippen molar-refractivity contribution in [2.24, 2.45) is 22.1 Å². The van der Waals surface area contributed by atoms with Gasteiger partial charge < -0.3 is 16.0 Å². The Morgan fingerprint density at radius 3 is 2.76 bits per heavy atom. The van der Waals surface area contributed by atoms with Gasteiger partial charge in [0.05, 0.1) is 12.1 Å². The minimum Gasteiger partial charge on any atom is -0.404 e. The Balaban J connectivity index is 1.30. The summed E-state index contributed by atoms with van der Waals surface area (Å²) in [7, 11) is 0. The number of anilines is 1. The number of benzene rings is 1. The number of nitrogens with one attached hydrogen (secondary N) is 1. The van der Waals surface area contributed by atoms with E-state index in [0.717, 1.165) is 25.7 Å². The van der Waals surface area contributed by atoms with Crippen LogP contribution in [0, 0.1) is 35.4 Å². The lowest BCUT2D eigenvalue weighted by Crippen LogP contribution is -2.35. The zero-order valence-electron chi connectivity index (χ0n) is 20.7. The molecule has 1 aromatic carbocycles. The number of nitriles is 1. The van der Waals surface area contributed by atoms with Gasteiger partial charge in [-0.2, -0.15) is 5.26 Å². The van der Waals surface area contributed by atoms with Crippen LogP contribution in [0.15, 0.2) is 41.5 Å². The minimum atomic E-state index is -0.963. The Labute approximate surface area is 215 Å². The Kier molecular flexibility index (Phi) is 6.50. The van der Waals surface area contributed by atoms with Crippen molar-refractivity contribution in [2.45, 2.75) is 51.6 Å². The molecule has 8 nitrogen and oxygen atoms in total. The Bertz CT molecular complexity index is 1350. The van der Waals surface area contributed by atoms with E-state index in [4.69, 9.17) is 5.73 Å². The molecule has 1 saturated heterocycles. The molecule has 9 heteroatoms. The number of nitrogens with zero attached hydrogens (tertiary/aromatic N) is 4. The van der Waals surface area contributed by atoms with Crippen molar-refractivity contribution in [1.82, 2.24) is 10.3 Å². The summed E-state index contributed by atoms with van der Waals surface area (Å²) in [6.07, 6.45) is 7.44. The third-order valence-corrected chi connectivity index (χ3v) is 7.21. The zero-order valence-corrected chi connectivity index (χ0v) is 20.7. The predicted octanol–water partition coefficient (Wildman–Crippen LogP) is 3.65. The van der Waals surface area contributed by atoms with Gasteiger partial charge in [0, 0.05) is 42.5 Å². The number of aryl methyl sites for hydroxylation is 1. The monoisotopic (exact) mass is 500 g/mol. The van der Waals surface area contributed by atoms with Crippen LogP contribution in [0.1, 0.15) is 59.4 Å². The molecule has 2 saturated carbocycles. The second-order valence-corrected chi connectivity index (χ2v) is 10.1. The second kappa shape index (κ2) is 9.77. The van der Waals surface area contributed by atoms with Gasteiger partial charge >= 0.3 is 0 Å². The molecule has 190 valence electrons. The van der Waals surface area contributed by atoms with Crippen LogP contribution in [-0.2, 0) is 11.3 Å². The number of hydrogen-bond donors (Lipinski definition) is 2. The molecule has 5 rings (SSSR count). The number of halogens is 1. The van der Waals surface area contributed by atoms with Gasteiger partial charge in [0.25, 0.3) is 5.91 Å². The number of carbonyl (C=O) groups is 2. The van der Waals surface area contributed by atoms with Gasteiger partial charge in [0.2, 0.25) is 5.91 Å². The summed E-state index contributed by atoms with van der Waals surface area (Å²) >= 11 is 0. The van der Waals surface area contributed by atoms with E-state index in [-0.39, 0.29) is 24.1 Å². The summed E-state index contributed by atoms with van der Waals surface area (Å²) < 4.78 is 14.4. The molecule has 0 bridgehead atoms. The third kappa shape index (κ3) is 5.10. The molecule has 3 N–H and O–H groups in total. The maximum Gasteiger partial charge on any atom is 0.270 e. The highest BCUT2D eigenvalue weighted by Gasteiger charge is 2.56. The van der Waals surface area contributed by atoms with E-state index in [1.165, 1.54) is 18.3 Å². The summed E-state index contributed by atoms with van der Waals surface area (Å²) in [5.41, 5.74) is 7.82. The molecule has 2 amide bonds. The number of allylic oxidation sites excluding steroid dienone is 1. The molecule has 37 heavy (non-hydrogen) atoms. The number of nitrogens with two attached hydrogens (primary N) is 1. The molecule has 3 fully saturated rings. The first kappa shape index (κ1) is 24.6. The highest BCUT2D eigenvalue weighted by atomic mass is 19.1. The highest BCUT2D eigenvalue weighted by molar-refractivity contribution is 6.09. The molecule has 0 spiro atoms. The molecule has 2 heterocycles. The van der Waals surface area contributed by atoms with Crippen LogP contribution < -0.4 is 16.0 Å². The fourth-order valence-electron chi connectivity index (χ4n) is 4.87. The van der Waals surface area contributed by atoms with E-state index in [1.54, 1.807) is 36.2 Å². The minimum absolute atomic E-state index is 0.0774. The lowest BCUT2D eigenvalue weighted by atomic mass is 9.83.